The first-order valence-electron chi connectivity index (χ1n) is 11.8. The van der Waals surface area contributed by atoms with Gasteiger partial charge in [-0.05, 0) is 17.5 Å². The standard InChI is InChI=1S/C26H25F13O2/c1-15(2)13-41-19-12-8-7-11-18(19)20(40,16(3)17-9-5-4-6-10-17)14-21(27,28)22(29,30)23(31,32)24(33,34)25(35,36)26(37,38)39/h4-12,15-16,40H,13-14H2,1-3H3. The molecule has 2 aromatic rings. The van der Waals surface area contributed by atoms with Crippen molar-refractivity contribution in [3.8, 4) is 5.75 Å². The smallest absolute Gasteiger partial charge is 0.460 e. The molecular formula is C26H25F13O2. The van der Waals surface area contributed by atoms with E-state index in [0.717, 1.165) is 25.1 Å². The van der Waals surface area contributed by atoms with Crippen molar-refractivity contribution in [2.24, 2.45) is 5.92 Å². The molecule has 2 aromatic carbocycles. The van der Waals surface area contributed by atoms with Gasteiger partial charge in [0.1, 0.15) is 11.4 Å². The van der Waals surface area contributed by atoms with Crippen molar-refractivity contribution < 1.29 is 66.9 Å². The maximum Gasteiger partial charge on any atom is 0.460 e. The van der Waals surface area contributed by atoms with E-state index in [1.165, 1.54) is 36.4 Å². The number of ether oxygens (including phenoxy) is 1. The summed E-state index contributed by atoms with van der Waals surface area (Å²) in [6.07, 6.45) is -10.3. The molecule has 2 atom stereocenters. The van der Waals surface area contributed by atoms with Crippen LogP contribution in [0.4, 0.5) is 57.1 Å². The Morgan fingerprint density at radius 2 is 1.10 bits per heavy atom. The Bertz CT molecular complexity index is 1160. The minimum atomic E-state index is -8.04. The van der Waals surface area contributed by atoms with Crippen LogP contribution < -0.4 is 4.74 Å². The van der Waals surface area contributed by atoms with E-state index in [4.69, 9.17) is 4.74 Å². The molecule has 2 unspecified atom stereocenters. The Morgan fingerprint density at radius 3 is 1.59 bits per heavy atom. The van der Waals surface area contributed by atoms with Gasteiger partial charge in [-0.15, -0.1) is 0 Å². The Morgan fingerprint density at radius 1 is 0.634 bits per heavy atom. The predicted molar refractivity (Wildman–Crippen MR) is 121 cm³/mol. The van der Waals surface area contributed by atoms with Crippen LogP contribution in [0.5, 0.6) is 5.75 Å². The zero-order chi connectivity index (χ0) is 31.9. The first-order chi connectivity index (χ1) is 18.4. The molecule has 1 N–H and O–H groups in total. The van der Waals surface area contributed by atoms with Crippen molar-refractivity contribution in [2.45, 2.75) is 74.5 Å². The number of alkyl halides is 13. The summed E-state index contributed by atoms with van der Waals surface area (Å²) in [5.41, 5.74) is -4.10. The van der Waals surface area contributed by atoms with Crippen LogP contribution in [0, 0.1) is 5.92 Å². The molecule has 2 nitrogen and oxygen atoms in total. The van der Waals surface area contributed by atoms with Crippen molar-refractivity contribution >= 4 is 0 Å². The Labute approximate surface area is 226 Å². The van der Waals surface area contributed by atoms with E-state index in [9.17, 15) is 53.4 Å². The van der Waals surface area contributed by atoms with Gasteiger partial charge in [-0.2, -0.15) is 57.1 Å². The number of halogens is 13. The first-order valence-corrected chi connectivity index (χ1v) is 11.8. The Hall–Kier alpha value is -2.71. The fourth-order valence-corrected chi connectivity index (χ4v) is 3.96. The average Bonchev–Trinajstić information content (AvgIpc) is 2.86. The van der Waals surface area contributed by atoms with Gasteiger partial charge in [0, 0.05) is 11.5 Å². The fourth-order valence-electron chi connectivity index (χ4n) is 3.96. The Balaban J connectivity index is 2.75. The third kappa shape index (κ3) is 5.96. The second-order valence-corrected chi connectivity index (χ2v) is 9.93. The van der Waals surface area contributed by atoms with E-state index in [0.29, 0.717) is 0 Å². The third-order valence-corrected chi connectivity index (χ3v) is 6.43. The molecule has 0 heterocycles. The highest BCUT2D eigenvalue weighted by atomic mass is 19.4. The predicted octanol–water partition coefficient (Wildman–Crippen LogP) is 8.84. The molecule has 0 aromatic heterocycles. The quantitative estimate of drug-likeness (QED) is 0.242. The molecule has 0 fully saturated rings. The highest BCUT2D eigenvalue weighted by Gasteiger charge is 2.90. The number of benzene rings is 2. The molecule has 0 aliphatic rings. The average molecular weight is 616 g/mol. The molecule has 0 saturated carbocycles. The summed E-state index contributed by atoms with van der Waals surface area (Å²) in [6.45, 7) is 4.16. The van der Waals surface area contributed by atoms with E-state index >= 15 is 8.78 Å². The zero-order valence-electron chi connectivity index (χ0n) is 21.5. The zero-order valence-corrected chi connectivity index (χ0v) is 21.5. The minimum absolute atomic E-state index is 0.0477. The van der Waals surface area contributed by atoms with Crippen LogP contribution in [0.15, 0.2) is 54.6 Å². The van der Waals surface area contributed by atoms with Crippen LogP contribution in [0.2, 0.25) is 0 Å². The second-order valence-electron chi connectivity index (χ2n) is 9.93. The Kier molecular flexibility index (Phi) is 9.40. The monoisotopic (exact) mass is 616 g/mol. The molecule has 2 rings (SSSR count). The molecule has 0 radical (unpaired) electrons. The van der Waals surface area contributed by atoms with Crippen LogP contribution in [0.25, 0.3) is 0 Å². The first kappa shape index (κ1) is 34.5. The fraction of sp³-hybridized carbons (Fsp3) is 0.538. The lowest BCUT2D eigenvalue weighted by atomic mass is 9.73. The summed E-state index contributed by atoms with van der Waals surface area (Å²) in [5, 5.41) is 11.6. The summed E-state index contributed by atoms with van der Waals surface area (Å²) in [5.74, 6) is -40.2. The molecule has 0 saturated heterocycles. The molecule has 15 heteroatoms. The highest BCUT2D eigenvalue weighted by molar-refractivity contribution is 5.42. The maximum atomic E-state index is 15.1. The number of aliphatic hydroxyl groups is 1. The normalized spacial score (nSPS) is 16.4. The number of para-hydroxylation sites is 1. The summed E-state index contributed by atoms with van der Waals surface area (Å²) in [6, 6.07) is 10.9. The maximum absolute atomic E-state index is 15.1. The molecule has 0 bridgehead atoms. The van der Waals surface area contributed by atoms with Gasteiger partial charge in [0.15, 0.2) is 0 Å². The number of hydrogen-bond donors (Lipinski definition) is 1. The molecule has 0 spiro atoms. The van der Waals surface area contributed by atoms with E-state index < -0.39 is 65.0 Å². The SMILES string of the molecule is CC(C)COc1ccccc1C(O)(CC(F)(F)C(F)(F)C(F)(F)C(F)(F)C(F)(F)C(F)(F)F)C(C)c1ccccc1. The molecule has 41 heavy (non-hydrogen) atoms. The number of hydrogen-bond acceptors (Lipinski definition) is 2. The van der Waals surface area contributed by atoms with Gasteiger partial charge in [-0.1, -0.05) is 69.3 Å². The minimum Gasteiger partial charge on any atom is -0.493 e. The van der Waals surface area contributed by atoms with Gasteiger partial charge in [0.25, 0.3) is 0 Å². The van der Waals surface area contributed by atoms with Crippen LogP contribution in [0.1, 0.15) is 44.2 Å². The van der Waals surface area contributed by atoms with Gasteiger partial charge < -0.3 is 9.84 Å². The van der Waals surface area contributed by atoms with Crippen molar-refractivity contribution in [3.63, 3.8) is 0 Å². The van der Waals surface area contributed by atoms with Crippen LogP contribution in [-0.2, 0) is 5.60 Å². The summed E-state index contributed by atoms with van der Waals surface area (Å²) >= 11 is 0. The third-order valence-electron chi connectivity index (χ3n) is 6.43. The lowest BCUT2D eigenvalue weighted by Gasteiger charge is -2.43. The summed E-state index contributed by atoms with van der Waals surface area (Å²) in [4.78, 5) is 0. The largest absolute Gasteiger partial charge is 0.493 e. The van der Waals surface area contributed by atoms with E-state index in [2.05, 4.69) is 0 Å². The summed E-state index contributed by atoms with van der Waals surface area (Å²) < 4.78 is 185. The summed E-state index contributed by atoms with van der Waals surface area (Å²) in [7, 11) is 0. The van der Waals surface area contributed by atoms with Crippen molar-refractivity contribution in [2.75, 3.05) is 6.61 Å². The molecule has 0 aliphatic carbocycles. The van der Waals surface area contributed by atoms with E-state index in [1.807, 2.05) is 0 Å². The van der Waals surface area contributed by atoms with Crippen LogP contribution >= 0.6 is 0 Å². The highest BCUT2D eigenvalue weighted by Crippen LogP contribution is 2.62. The van der Waals surface area contributed by atoms with Gasteiger partial charge in [-0.3, -0.25) is 0 Å². The second kappa shape index (κ2) is 11.2. The van der Waals surface area contributed by atoms with Gasteiger partial charge >= 0.3 is 35.8 Å². The van der Waals surface area contributed by atoms with Crippen LogP contribution in [-0.4, -0.2) is 47.5 Å². The van der Waals surface area contributed by atoms with Gasteiger partial charge in [0.05, 0.1) is 13.0 Å². The molecule has 0 amide bonds. The lowest BCUT2D eigenvalue weighted by molar-refractivity contribution is -0.441. The molecule has 0 aliphatic heterocycles. The van der Waals surface area contributed by atoms with Crippen LogP contribution in [0.3, 0.4) is 0 Å². The van der Waals surface area contributed by atoms with Crippen molar-refractivity contribution in [3.05, 3.63) is 65.7 Å². The number of rotatable bonds is 12. The van der Waals surface area contributed by atoms with Gasteiger partial charge in [-0.25, -0.2) is 0 Å². The van der Waals surface area contributed by atoms with Crippen molar-refractivity contribution in [1.82, 2.24) is 0 Å². The molecule has 232 valence electrons. The lowest BCUT2D eigenvalue weighted by Crippen LogP contribution is -2.70. The topological polar surface area (TPSA) is 29.5 Å². The van der Waals surface area contributed by atoms with E-state index in [1.54, 1.807) is 13.8 Å². The van der Waals surface area contributed by atoms with E-state index in [-0.39, 0.29) is 18.1 Å². The van der Waals surface area contributed by atoms with Gasteiger partial charge in [0.2, 0.25) is 0 Å². The molecular weight excluding hydrogens is 591 g/mol. The van der Waals surface area contributed by atoms with Crippen molar-refractivity contribution in [1.29, 1.82) is 0 Å².